The van der Waals surface area contributed by atoms with Gasteiger partial charge in [0.25, 0.3) is 0 Å². The first-order chi connectivity index (χ1) is 9.49. The van der Waals surface area contributed by atoms with E-state index in [0.717, 1.165) is 7.05 Å². The van der Waals surface area contributed by atoms with Crippen molar-refractivity contribution >= 4 is 27.2 Å². The molecule has 0 radical (unpaired) electrons. The number of sulfonamides is 1. The number of nitrogens with two attached hydrogens (primary N) is 1. The van der Waals surface area contributed by atoms with E-state index in [9.17, 15) is 30.4 Å². The van der Waals surface area contributed by atoms with Gasteiger partial charge in [-0.1, -0.05) is 12.2 Å². The maximum absolute atomic E-state index is 13.4. The standard InChI is InChI=1S/C10H9F5N2O2S2/c1-17(2-5(16)20)21(18,19)3-4-6(11)8(13)10(15)9(14)7(4)12/h2-3H2,1H3,(H2,16,20). The maximum Gasteiger partial charge on any atom is 0.218 e. The number of halogens is 5. The second-order valence-electron chi connectivity index (χ2n) is 4.03. The number of thiocarbonyl (C=S) groups is 1. The maximum atomic E-state index is 13.4. The molecule has 0 atom stereocenters. The molecule has 0 bridgehead atoms. The van der Waals surface area contributed by atoms with Crippen LogP contribution in [0.4, 0.5) is 22.0 Å². The van der Waals surface area contributed by atoms with Gasteiger partial charge >= 0.3 is 0 Å². The molecule has 0 aliphatic carbocycles. The molecular weight excluding hydrogens is 339 g/mol. The number of hydrogen-bond donors (Lipinski definition) is 1. The van der Waals surface area contributed by atoms with E-state index in [2.05, 4.69) is 12.2 Å². The first kappa shape index (κ1) is 17.7. The van der Waals surface area contributed by atoms with E-state index in [4.69, 9.17) is 5.73 Å². The fraction of sp³-hybridized carbons (Fsp3) is 0.300. The minimum atomic E-state index is -4.37. The molecule has 0 saturated carbocycles. The second-order valence-corrected chi connectivity index (χ2v) is 6.63. The molecule has 0 unspecified atom stereocenters. The monoisotopic (exact) mass is 348 g/mol. The van der Waals surface area contributed by atoms with E-state index in [1.165, 1.54) is 0 Å². The highest BCUT2D eigenvalue weighted by Crippen LogP contribution is 2.25. The smallest absolute Gasteiger partial charge is 0.218 e. The van der Waals surface area contributed by atoms with Crippen LogP contribution in [0.5, 0.6) is 0 Å². The second kappa shape index (κ2) is 6.20. The predicted octanol–water partition coefficient (Wildman–Crippen LogP) is 1.43. The number of likely N-dealkylation sites (N-methyl/N-ethyl adjacent to an activating group) is 1. The van der Waals surface area contributed by atoms with Gasteiger partial charge < -0.3 is 5.73 Å². The summed E-state index contributed by atoms with van der Waals surface area (Å²) in [5.41, 5.74) is 3.68. The molecule has 0 saturated heterocycles. The van der Waals surface area contributed by atoms with Gasteiger partial charge in [-0.25, -0.2) is 30.4 Å². The Morgan fingerprint density at radius 1 is 1.05 bits per heavy atom. The van der Waals surface area contributed by atoms with Crippen LogP contribution in [0.1, 0.15) is 5.56 Å². The summed E-state index contributed by atoms with van der Waals surface area (Å²) in [5.74, 6) is -12.6. The van der Waals surface area contributed by atoms with Crippen molar-refractivity contribution in [1.82, 2.24) is 4.31 Å². The molecule has 0 aliphatic rings. The zero-order valence-corrected chi connectivity index (χ0v) is 12.1. The summed E-state index contributed by atoms with van der Waals surface area (Å²) in [6.07, 6.45) is 0. The molecule has 0 aromatic heterocycles. The lowest BCUT2D eigenvalue weighted by molar-refractivity contribution is 0.371. The summed E-state index contributed by atoms with van der Waals surface area (Å²) >= 11 is 4.47. The van der Waals surface area contributed by atoms with Crippen LogP contribution >= 0.6 is 12.2 Å². The number of rotatable bonds is 5. The van der Waals surface area contributed by atoms with Gasteiger partial charge in [0.2, 0.25) is 15.8 Å². The van der Waals surface area contributed by atoms with Crippen molar-refractivity contribution in [2.24, 2.45) is 5.73 Å². The average Bonchev–Trinajstić information content (AvgIpc) is 2.38. The molecule has 11 heteroatoms. The molecular formula is C10H9F5N2O2S2. The van der Waals surface area contributed by atoms with Crippen LogP contribution in [0.3, 0.4) is 0 Å². The van der Waals surface area contributed by atoms with Crippen LogP contribution in [0.25, 0.3) is 0 Å². The summed E-state index contributed by atoms with van der Waals surface area (Å²) in [7, 11) is -3.37. The van der Waals surface area contributed by atoms with Gasteiger partial charge in [0.1, 0.15) is 0 Å². The summed E-state index contributed by atoms with van der Waals surface area (Å²) in [4.78, 5) is -0.224. The van der Waals surface area contributed by atoms with Gasteiger partial charge in [-0.2, -0.15) is 4.31 Å². The number of hydrogen-bond acceptors (Lipinski definition) is 3. The van der Waals surface area contributed by atoms with Crippen LogP contribution in [-0.2, 0) is 15.8 Å². The van der Waals surface area contributed by atoms with Gasteiger partial charge in [-0.3, -0.25) is 0 Å². The Morgan fingerprint density at radius 3 is 1.81 bits per heavy atom. The van der Waals surface area contributed by atoms with Crippen LogP contribution in [0, 0.1) is 29.1 Å². The summed E-state index contributed by atoms with van der Waals surface area (Å²) < 4.78 is 89.7. The zero-order chi connectivity index (χ0) is 16.5. The topological polar surface area (TPSA) is 63.4 Å². The predicted molar refractivity (Wildman–Crippen MR) is 68.3 cm³/mol. The Labute approximate surface area is 122 Å². The Kier molecular flexibility index (Phi) is 5.23. The van der Waals surface area contributed by atoms with Crippen molar-refractivity contribution in [2.75, 3.05) is 13.6 Å². The van der Waals surface area contributed by atoms with Crippen molar-refractivity contribution < 1.29 is 30.4 Å². The number of benzene rings is 1. The molecule has 0 fully saturated rings. The van der Waals surface area contributed by atoms with E-state index < -0.39 is 57.0 Å². The Morgan fingerprint density at radius 2 is 1.43 bits per heavy atom. The van der Waals surface area contributed by atoms with Crippen LogP contribution in [-0.4, -0.2) is 31.3 Å². The lowest BCUT2D eigenvalue weighted by Gasteiger charge is -2.17. The summed E-state index contributed by atoms with van der Waals surface area (Å²) in [5, 5.41) is 0. The first-order valence-electron chi connectivity index (χ1n) is 5.21. The van der Waals surface area contributed by atoms with E-state index in [-0.39, 0.29) is 4.99 Å². The van der Waals surface area contributed by atoms with E-state index in [1.54, 1.807) is 0 Å². The van der Waals surface area contributed by atoms with Gasteiger partial charge in [0, 0.05) is 12.6 Å². The fourth-order valence-electron chi connectivity index (χ4n) is 1.39. The van der Waals surface area contributed by atoms with Crippen LogP contribution in [0.15, 0.2) is 0 Å². The molecule has 0 amide bonds. The fourth-order valence-corrected chi connectivity index (χ4v) is 2.84. The highest BCUT2D eigenvalue weighted by atomic mass is 32.2. The summed E-state index contributed by atoms with van der Waals surface area (Å²) in [6.45, 7) is -0.437. The third-order valence-corrected chi connectivity index (χ3v) is 4.34. The van der Waals surface area contributed by atoms with Crippen molar-refractivity contribution in [3.05, 3.63) is 34.6 Å². The molecule has 118 valence electrons. The first-order valence-corrected chi connectivity index (χ1v) is 7.23. The molecule has 1 rings (SSSR count). The Hall–Kier alpha value is -1.33. The minimum Gasteiger partial charge on any atom is -0.392 e. The third kappa shape index (κ3) is 3.66. The van der Waals surface area contributed by atoms with Crippen molar-refractivity contribution in [2.45, 2.75) is 5.75 Å². The van der Waals surface area contributed by atoms with Crippen molar-refractivity contribution in [1.29, 1.82) is 0 Å². The largest absolute Gasteiger partial charge is 0.392 e. The van der Waals surface area contributed by atoms with Gasteiger partial charge in [-0.15, -0.1) is 0 Å². The molecule has 0 aliphatic heterocycles. The molecule has 2 N–H and O–H groups in total. The van der Waals surface area contributed by atoms with E-state index >= 15 is 0 Å². The van der Waals surface area contributed by atoms with Crippen LogP contribution in [0.2, 0.25) is 0 Å². The highest BCUT2D eigenvalue weighted by molar-refractivity contribution is 7.88. The van der Waals surface area contributed by atoms with Gasteiger partial charge in [-0.05, 0) is 0 Å². The Balaban J connectivity index is 3.29. The van der Waals surface area contributed by atoms with Crippen molar-refractivity contribution in [3.8, 4) is 0 Å². The summed E-state index contributed by atoms with van der Waals surface area (Å²) in [6, 6.07) is 0. The van der Waals surface area contributed by atoms with Crippen LogP contribution < -0.4 is 5.73 Å². The molecule has 4 nitrogen and oxygen atoms in total. The zero-order valence-electron chi connectivity index (χ0n) is 10.5. The highest BCUT2D eigenvalue weighted by Gasteiger charge is 2.30. The lowest BCUT2D eigenvalue weighted by atomic mass is 10.2. The molecule has 1 aromatic rings. The quantitative estimate of drug-likeness (QED) is 0.378. The molecule has 21 heavy (non-hydrogen) atoms. The molecule has 0 heterocycles. The number of nitrogens with zero attached hydrogens (tertiary/aromatic N) is 1. The minimum absolute atomic E-state index is 0.224. The lowest BCUT2D eigenvalue weighted by Crippen LogP contribution is -2.35. The molecule has 1 aromatic carbocycles. The van der Waals surface area contributed by atoms with Gasteiger partial charge in [0.15, 0.2) is 23.3 Å². The SMILES string of the molecule is CN(CC(N)=S)S(=O)(=O)Cc1c(F)c(F)c(F)c(F)c1F. The Bertz CT molecular complexity index is 664. The normalized spacial score (nSPS) is 12.0. The average molecular weight is 348 g/mol. The van der Waals surface area contributed by atoms with Crippen molar-refractivity contribution in [3.63, 3.8) is 0 Å². The van der Waals surface area contributed by atoms with E-state index in [0.29, 0.717) is 4.31 Å². The van der Waals surface area contributed by atoms with Gasteiger partial charge in [0.05, 0.1) is 17.3 Å². The third-order valence-electron chi connectivity index (χ3n) is 2.48. The molecule has 0 spiro atoms. The van der Waals surface area contributed by atoms with E-state index in [1.807, 2.05) is 0 Å².